The molecule has 3 unspecified atom stereocenters. The number of ether oxygens (including phenoxy) is 1. The Labute approximate surface area is 122 Å². The van der Waals surface area contributed by atoms with Crippen molar-refractivity contribution in [3.63, 3.8) is 0 Å². The molecule has 1 N–H and O–H groups in total. The number of hydrogen-bond donors (Lipinski definition) is 1. The molecule has 1 heterocycles. The Balaban J connectivity index is 1.99. The van der Waals surface area contributed by atoms with Crippen molar-refractivity contribution in [2.75, 3.05) is 19.8 Å². The minimum atomic E-state index is -0.926. The second kappa shape index (κ2) is 7.39. The first-order chi connectivity index (χ1) is 9.20. The van der Waals surface area contributed by atoms with E-state index in [0.29, 0.717) is 23.4 Å². The van der Waals surface area contributed by atoms with Crippen LogP contribution in [0.15, 0.2) is 24.3 Å². The lowest BCUT2D eigenvalue weighted by atomic mass is 10.1. The number of rotatable bonds is 5. The molecule has 0 saturated carbocycles. The Morgan fingerprint density at radius 2 is 2.16 bits per heavy atom. The molecule has 1 fully saturated rings. The van der Waals surface area contributed by atoms with Gasteiger partial charge in [-0.15, -0.1) is 0 Å². The number of benzene rings is 1. The summed E-state index contributed by atoms with van der Waals surface area (Å²) < 4.78 is 18.0. The normalized spacial score (nSPS) is 25.2. The van der Waals surface area contributed by atoms with Gasteiger partial charge in [0.15, 0.2) is 0 Å². The summed E-state index contributed by atoms with van der Waals surface area (Å²) in [5.74, 6) is 0.563. The molecule has 0 aromatic heterocycles. The molecule has 1 aliphatic heterocycles. The van der Waals surface area contributed by atoms with Crippen molar-refractivity contribution in [3.8, 4) is 0 Å². The highest BCUT2D eigenvalue weighted by molar-refractivity contribution is 7.84. The Morgan fingerprint density at radius 1 is 1.42 bits per heavy atom. The van der Waals surface area contributed by atoms with E-state index >= 15 is 0 Å². The number of hydrogen-bond acceptors (Lipinski definition) is 3. The third-order valence-corrected chi connectivity index (χ3v) is 5.34. The predicted octanol–water partition coefficient (Wildman–Crippen LogP) is 2.36. The first-order valence-corrected chi connectivity index (χ1v) is 8.39. The summed E-state index contributed by atoms with van der Waals surface area (Å²) in [6.45, 7) is 4.32. The van der Waals surface area contributed by atoms with Crippen LogP contribution in [0.5, 0.6) is 0 Å². The molecule has 1 aromatic carbocycles. The van der Waals surface area contributed by atoms with Crippen LogP contribution in [0.4, 0.5) is 0 Å². The van der Waals surface area contributed by atoms with Crippen molar-refractivity contribution in [3.05, 3.63) is 34.9 Å². The first-order valence-electron chi connectivity index (χ1n) is 6.63. The number of halogens is 1. The SMILES string of the molecule is CCNC1CCOCC1S(=O)Cc1ccc(Cl)cc1. The Bertz CT molecular complexity index is 422. The summed E-state index contributed by atoms with van der Waals surface area (Å²) in [5, 5.41) is 4.20. The van der Waals surface area contributed by atoms with E-state index in [9.17, 15) is 4.21 Å². The molecule has 0 radical (unpaired) electrons. The van der Waals surface area contributed by atoms with E-state index in [0.717, 1.165) is 25.1 Å². The summed E-state index contributed by atoms with van der Waals surface area (Å²) in [4.78, 5) is 0. The molecule has 3 atom stereocenters. The van der Waals surface area contributed by atoms with Crippen molar-refractivity contribution in [2.45, 2.75) is 30.4 Å². The average molecular weight is 302 g/mol. The molecule has 5 heteroatoms. The molecule has 19 heavy (non-hydrogen) atoms. The standard InChI is InChI=1S/C14H20ClNO2S/c1-2-16-13-7-8-18-9-14(13)19(17)10-11-3-5-12(15)6-4-11/h3-6,13-14,16H,2,7-10H2,1H3. The fourth-order valence-electron chi connectivity index (χ4n) is 2.32. The largest absolute Gasteiger partial charge is 0.380 e. The maximum Gasteiger partial charge on any atom is 0.0738 e. The maximum absolute atomic E-state index is 12.5. The van der Waals surface area contributed by atoms with Crippen LogP contribution in [0.3, 0.4) is 0 Å². The first kappa shape index (κ1) is 15.0. The van der Waals surface area contributed by atoms with Gasteiger partial charge < -0.3 is 10.1 Å². The highest BCUT2D eigenvalue weighted by Gasteiger charge is 2.29. The second-order valence-electron chi connectivity index (χ2n) is 4.72. The van der Waals surface area contributed by atoms with Crippen LogP contribution in [0.2, 0.25) is 5.02 Å². The van der Waals surface area contributed by atoms with E-state index in [-0.39, 0.29) is 5.25 Å². The lowest BCUT2D eigenvalue weighted by Crippen LogP contribution is -2.48. The van der Waals surface area contributed by atoms with E-state index in [4.69, 9.17) is 16.3 Å². The molecule has 3 nitrogen and oxygen atoms in total. The monoisotopic (exact) mass is 301 g/mol. The Morgan fingerprint density at radius 3 is 2.84 bits per heavy atom. The van der Waals surface area contributed by atoms with E-state index in [1.807, 2.05) is 24.3 Å². The van der Waals surface area contributed by atoms with Crippen molar-refractivity contribution < 1.29 is 8.95 Å². The predicted molar refractivity (Wildman–Crippen MR) is 80.0 cm³/mol. The molecular weight excluding hydrogens is 282 g/mol. The topological polar surface area (TPSA) is 38.3 Å². The third-order valence-electron chi connectivity index (χ3n) is 3.33. The van der Waals surface area contributed by atoms with E-state index in [2.05, 4.69) is 12.2 Å². The van der Waals surface area contributed by atoms with E-state index < -0.39 is 10.8 Å². The van der Waals surface area contributed by atoms with Crippen molar-refractivity contribution >= 4 is 22.4 Å². The Hall–Kier alpha value is -0.420. The van der Waals surface area contributed by atoms with Gasteiger partial charge in [0, 0.05) is 34.2 Å². The van der Waals surface area contributed by atoms with Gasteiger partial charge in [0.1, 0.15) is 0 Å². The van der Waals surface area contributed by atoms with Crippen LogP contribution < -0.4 is 5.32 Å². The van der Waals surface area contributed by atoms with Crippen molar-refractivity contribution in [1.29, 1.82) is 0 Å². The summed E-state index contributed by atoms with van der Waals surface area (Å²) in [5.41, 5.74) is 1.06. The van der Waals surface area contributed by atoms with Crippen LogP contribution >= 0.6 is 11.6 Å². The van der Waals surface area contributed by atoms with Crippen LogP contribution in [0.1, 0.15) is 18.9 Å². The van der Waals surface area contributed by atoms with Crippen LogP contribution in [0, 0.1) is 0 Å². The van der Waals surface area contributed by atoms with E-state index in [1.54, 1.807) is 0 Å². The zero-order valence-electron chi connectivity index (χ0n) is 11.1. The van der Waals surface area contributed by atoms with Gasteiger partial charge in [0.05, 0.1) is 11.9 Å². The fourth-order valence-corrected chi connectivity index (χ4v) is 4.03. The molecule has 2 rings (SSSR count). The molecule has 0 bridgehead atoms. The minimum Gasteiger partial charge on any atom is -0.380 e. The zero-order chi connectivity index (χ0) is 13.7. The van der Waals surface area contributed by atoms with E-state index in [1.165, 1.54) is 0 Å². The fraction of sp³-hybridized carbons (Fsp3) is 0.571. The lowest BCUT2D eigenvalue weighted by Gasteiger charge is -2.31. The second-order valence-corrected chi connectivity index (χ2v) is 6.81. The molecular formula is C14H20ClNO2S. The summed E-state index contributed by atoms with van der Waals surface area (Å²) in [6.07, 6.45) is 0.935. The zero-order valence-corrected chi connectivity index (χ0v) is 12.7. The van der Waals surface area contributed by atoms with Gasteiger partial charge in [-0.1, -0.05) is 30.7 Å². The van der Waals surface area contributed by atoms with Gasteiger partial charge in [-0.2, -0.15) is 0 Å². The summed E-state index contributed by atoms with van der Waals surface area (Å²) >= 11 is 5.86. The smallest absolute Gasteiger partial charge is 0.0738 e. The molecule has 1 aliphatic rings. The molecule has 1 aromatic rings. The van der Waals surface area contributed by atoms with Crippen LogP contribution in [-0.4, -0.2) is 35.3 Å². The van der Waals surface area contributed by atoms with Gasteiger partial charge >= 0.3 is 0 Å². The average Bonchev–Trinajstić information content (AvgIpc) is 2.42. The maximum atomic E-state index is 12.5. The summed E-state index contributed by atoms with van der Waals surface area (Å²) in [7, 11) is -0.926. The van der Waals surface area contributed by atoms with Gasteiger partial charge in [0.2, 0.25) is 0 Å². The quantitative estimate of drug-likeness (QED) is 0.907. The molecule has 0 amide bonds. The van der Waals surface area contributed by atoms with Crippen LogP contribution in [-0.2, 0) is 21.3 Å². The van der Waals surface area contributed by atoms with Crippen LogP contribution in [0.25, 0.3) is 0 Å². The van der Waals surface area contributed by atoms with Gasteiger partial charge in [-0.3, -0.25) is 4.21 Å². The molecule has 1 saturated heterocycles. The van der Waals surface area contributed by atoms with Gasteiger partial charge in [-0.05, 0) is 30.7 Å². The Kier molecular flexibility index (Phi) is 5.82. The highest BCUT2D eigenvalue weighted by atomic mass is 35.5. The van der Waals surface area contributed by atoms with Gasteiger partial charge in [0.25, 0.3) is 0 Å². The third kappa shape index (κ3) is 4.28. The molecule has 106 valence electrons. The highest BCUT2D eigenvalue weighted by Crippen LogP contribution is 2.18. The molecule has 0 spiro atoms. The van der Waals surface area contributed by atoms with Crippen molar-refractivity contribution in [1.82, 2.24) is 5.32 Å². The van der Waals surface area contributed by atoms with Crippen molar-refractivity contribution in [2.24, 2.45) is 0 Å². The van der Waals surface area contributed by atoms with Gasteiger partial charge in [-0.25, -0.2) is 0 Å². The summed E-state index contributed by atoms with van der Waals surface area (Å²) in [6, 6.07) is 7.85. The lowest BCUT2D eigenvalue weighted by molar-refractivity contribution is 0.0824. The minimum absolute atomic E-state index is 0.0735. The molecule has 0 aliphatic carbocycles. The number of nitrogens with one attached hydrogen (secondary N) is 1.